The first-order chi connectivity index (χ1) is 1.00. The molecule has 6 heavy (non-hydrogen) atoms. The van der Waals surface area contributed by atoms with E-state index in [0.29, 0.717) is 0 Å². The standard InChI is InChI=1S/C2H4.4Na.4H/c1-2;;;;;;;;/h1-2H2;;;;;;;;/q;4*+1;4*-1. The predicted octanol–water partition coefficient (Wildman–Crippen LogP) is -10.7. The fourth-order valence-corrected chi connectivity index (χ4v) is 0. The Morgan fingerprint density at radius 3 is 0.667 bits per heavy atom. The Balaban J connectivity index is -0.000000000179. The van der Waals surface area contributed by atoms with E-state index in [1.54, 1.807) is 0 Å². The third kappa shape index (κ3) is 25.1. The van der Waals surface area contributed by atoms with Gasteiger partial charge in [-0.1, -0.05) is 0 Å². The third-order valence-electron chi connectivity index (χ3n) is 0. The average molecular weight is 124 g/mol. The van der Waals surface area contributed by atoms with E-state index in [1.165, 1.54) is 0 Å². The molecule has 0 unspecified atom stereocenters. The van der Waals surface area contributed by atoms with E-state index in [9.17, 15) is 0 Å². The second-order valence-electron chi connectivity index (χ2n) is 0. The average Bonchev–Trinajstić information content (AvgIpc) is 1.00. The van der Waals surface area contributed by atoms with Crippen molar-refractivity contribution >= 4 is 0 Å². The molecule has 0 spiro atoms. The zero-order valence-corrected chi connectivity index (χ0v) is 13.4. The zero-order valence-electron chi connectivity index (χ0n) is 9.41. The minimum Gasteiger partial charge on any atom is -1.00 e. The summed E-state index contributed by atoms with van der Waals surface area (Å²) < 4.78 is 0. The van der Waals surface area contributed by atoms with Crippen LogP contribution in [0.3, 0.4) is 0 Å². The molecule has 0 fully saturated rings. The van der Waals surface area contributed by atoms with Gasteiger partial charge in [0.15, 0.2) is 0 Å². The summed E-state index contributed by atoms with van der Waals surface area (Å²) >= 11 is 0. The monoisotopic (exact) mass is 124 g/mol. The maximum atomic E-state index is 3.00. The molecule has 0 rings (SSSR count). The van der Waals surface area contributed by atoms with E-state index in [-0.39, 0.29) is 124 Å². The maximum Gasteiger partial charge on any atom is 1.00 e. The van der Waals surface area contributed by atoms with Crippen LogP contribution >= 0.6 is 0 Å². The third-order valence-corrected chi connectivity index (χ3v) is 0. The van der Waals surface area contributed by atoms with Gasteiger partial charge in [0.1, 0.15) is 0 Å². The Hall–Kier alpha value is 3.74. The van der Waals surface area contributed by atoms with Gasteiger partial charge in [0.25, 0.3) is 0 Å². The Bertz CT molecular complexity index is 15.2. The minimum absolute atomic E-state index is 0. The van der Waals surface area contributed by atoms with Crippen molar-refractivity contribution in [1.29, 1.82) is 0 Å². The van der Waals surface area contributed by atoms with Gasteiger partial charge in [-0.3, -0.25) is 0 Å². The van der Waals surface area contributed by atoms with Crippen LogP contribution in [0.2, 0.25) is 0 Å². The fourth-order valence-electron chi connectivity index (χ4n) is 0. The largest absolute Gasteiger partial charge is 1.00 e. The second-order valence-corrected chi connectivity index (χ2v) is 0. The van der Waals surface area contributed by atoms with Crippen molar-refractivity contribution in [2.45, 2.75) is 0 Å². The van der Waals surface area contributed by atoms with Crippen molar-refractivity contribution in [3.05, 3.63) is 13.2 Å². The molecule has 0 aliphatic rings. The van der Waals surface area contributed by atoms with Crippen LogP contribution in [0, 0.1) is 0 Å². The molecular weight excluding hydrogens is 116 g/mol. The summed E-state index contributed by atoms with van der Waals surface area (Å²) in [5.41, 5.74) is 0. The van der Waals surface area contributed by atoms with Gasteiger partial charge in [0.2, 0.25) is 0 Å². The van der Waals surface area contributed by atoms with Crippen LogP contribution in [0.1, 0.15) is 5.71 Å². The summed E-state index contributed by atoms with van der Waals surface area (Å²) in [6.45, 7) is 6.00. The molecule has 20 valence electrons. The van der Waals surface area contributed by atoms with Gasteiger partial charge in [0, 0.05) is 0 Å². The molecule has 0 aromatic rings. The van der Waals surface area contributed by atoms with Gasteiger partial charge in [-0.05, 0) is 0 Å². The van der Waals surface area contributed by atoms with Crippen LogP contribution in [-0.2, 0) is 0 Å². The molecule has 0 radical (unpaired) electrons. The SMILES string of the molecule is C=C.[H-].[H-].[H-].[H-].[Na+].[Na+].[Na+].[Na+]. The molecule has 0 bridgehead atoms. The van der Waals surface area contributed by atoms with Gasteiger partial charge in [0.05, 0.1) is 0 Å². The molecule has 0 amide bonds. The summed E-state index contributed by atoms with van der Waals surface area (Å²) in [5, 5.41) is 0. The van der Waals surface area contributed by atoms with Crippen LogP contribution < -0.4 is 118 Å². The normalized spacial score (nSPS) is 0.667. The Morgan fingerprint density at radius 1 is 0.667 bits per heavy atom. The van der Waals surface area contributed by atoms with Gasteiger partial charge in [-0.2, -0.15) is 0 Å². The Morgan fingerprint density at radius 2 is 0.667 bits per heavy atom. The molecule has 0 aliphatic carbocycles. The summed E-state index contributed by atoms with van der Waals surface area (Å²) in [7, 11) is 0. The predicted molar refractivity (Wildman–Crippen MR) is 15.7 cm³/mol. The fraction of sp³-hybridized carbons (Fsp3) is 0. The van der Waals surface area contributed by atoms with Crippen LogP contribution in [0.25, 0.3) is 0 Å². The first-order valence-electron chi connectivity index (χ1n) is 0.500. The number of rotatable bonds is 0. The van der Waals surface area contributed by atoms with Crippen molar-refractivity contribution in [2.24, 2.45) is 0 Å². The van der Waals surface area contributed by atoms with E-state index in [0.717, 1.165) is 0 Å². The van der Waals surface area contributed by atoms with Gasteiger partial charge in [-0.15, -0.1) is 13.2 Å². The minimum atomic E-state index is 0. The Kier molecular flexibility index (Phi) is 207. The first kappa shape index (κ1) is 33.1. The van der Waals surface area contributed by atoms with Crippen molar-refractivity contribution in [3.63, 3.8) is 0 Å². The van der Waals surface area contributed by atoms with E-state index in [1.807, 2.05) is 0 Å². The smallest absolute Gasteiger partial charge is 1.00 e. The van der Waals surface area contributed by atoms with Gasteiger partial charge in [-0.25, -0.2) is 0 Å². The molecule has 4 heteroatoms. The summed E-state index contributed by atoms with van der Waals surface area (Å²) in [6, 6.07) is 0. The van der Waals surface area contributed by atoms with Crippen molar-refractivity contribution in [2.75, 3.05) is 0 Å². The molecule has 0 aromatic carbocycles. The molecule has 0 aromatic heterocycles. The van der Waals surface area contributed by atoms with Crippen molar-refractivity contribution in [3.8, 4) is 0 Å². The molecular formula is C2H8Na4. The summed E-state index contributed by atoms with van der Waals surface area (Å²) in [4.78, 5) is 0. The van der Waals surface area contributed by atoms with Gasteiger partial charge < -0.3 is 5.71 Å². The van der Waals surface area contributed by atoms with E-state index in [2.05, 4.69) is 13.2 Å². The quantitative estimate of drug-likeness (QED) is 0.222. The van der Waals surface area contributed by atoms with E-state index < -0.39 is 0 Å². The van der Waals surface area contributed by atoms with E-state index >= 15 is 0 Å². The molecule has 0 heterocycles. The van der Waals surface area contributed by atoms with Crippen molar-refractivity contribution < 1.29 is 124 Å². The molecule has 0 aliphatic heterocycles. The Labute approximate surface area is 134 Å². The number of hydrogen-bond donors (Lipinski definition) is 0. The van der Waals surface area contributed by atoms with Crippen LogP contribution in [-0.4, -0.2) is 0 Å². The molecule has 0 nitrogen and oxygen atoms in total. The topological polar surface area (TPSA) is 0 Å². The maximum absolute atomic E-state index is 3.00. The summed E-state index contributed by atoms with van der Waals surface area (Å²) in [6.07, 6.45) is 0. The molecule has 0 atom stereocenters. The van der Waals surface area contributed by atoms with Gasteiger partial charge >= 0.3 is 118 Å². The summed E-state index contributed by atoms with van der Waals surface area (Å²) in [5.74, 6) is 0. The van der Waals surface area contributed by atoms with Crippen LogP contribution in [0.4, 0.5) is 0 Å². The first-order valence-corrected chi connectivity index (χ1v) is 0.500. The zero-order chi connectivity index (χ0) is 2.00. The second kappa shape index (κ2) is 37.4. The van der Waals surface area contributed by atoms with Crippen molar-refractivity contribution in [1.82, 2.24) is 0 Å². The van der Waals surface area contributed by atoms with Crippen LogP contribution in [0.5, 0.6) is 0 Å². The van der Waals surface area contributed by atoms with E-state index in [4.69, 9.17) is 0 Å². The molecule has 0 saturated heterocycles. The number of hydrogen-bond acceptors (Lipinski definition) is 0. The molecule has 0 N–H and O–H groups in total. The molecule has 0 saturated carbocycles. The van der Waals surface area contributed by atoms with Crippen LogP contribution in [0.15, 0.2) is 13.2 Å².